The lowest BCUT2D eigenvalue weighted by Crippen LogP contribution is -2.44. The molecule has 1 rings (SSSR count). The van der Waals surface area contributed by atoms with Gasteiger partial charge in [-0.3, -0.25) is 0 Å². The summed E-state index contributed by atoms with van der Waals surface area (Å²) in [6.07, 6.45) is -1.37. The predicted molar refractivity (Wildman–Crippen MR) is 76.0 cm³/mol. The third-order valence-corrected chi connectivity index (χ3v) is 2.34. The number of nitrogens with one attached hydrogen (secondary N) is 1. The fraction of sp³-hybridized carbons (Fsp3) is 0.538. The van der Waals surface area contributed by atoms with Gasteiger partial charge in [-0.2, -0.15) is 0 Å². The van der Waals surface area contributed by atoms with Crippen LogP contribution in [0.1, 0.15) is 51.5 Å². The van der Waals surface area contributed by atoms with E-state index in [4.69, 9.17) is 23.9 Å². The average molecular weight is 287 g/mol. The summed E-state index contributed by atoms with van der Waals surface area (Å²) in [5.74, 6) is 0. The van der Waals surface area contributed by atoms with Crippen molar-refractivity contribution in [3.05, 3.63) is 34.9 Å². The molecule has 4 heteroatoms. The summed E-state index contributed by atoms with van der Waals surface area (Å²) in [5, 5.41) is 12.9. The molecular formula is C13H21Cl2NO. The van der Waals surface area contributed by atoms with Gasteiger partial charge in [0, 0.05) is 28.9 Å². The van der Waals surface area contributed by atoms with Crippen LogP contribution in [0.2, 0.25) is 5.02 Å². The number of halogens is 2. The molecule has 0 radical (unpaired) electrons. The normalized spacial score (nSPS) is 25.0. The van der Waals surface area contributed by atoms with Crippen LogP contribution < -0.4 is 5.32 Å². The van der Waals surface area contributed by atoms with E-state index in [2.05, 4.69) is 5.32 Å². The molecule has 0 heterocycles. The summed E-state index contributed by atoms with van der Waals surface area (Å²) in [5.41, 5.74) is -2.91. The molecule has 0 spiro atoms. The second-order valence-electron chi connectivity index (χ2n) is 3.68. The molecule has 2 atom stereocenters. The quantitative estimate of drug-likeness (QED) is 0.890. The molecule has 17 heavy (non-hydrogen) atoms. The molecule has 0 aliphatic heterocycles. The van der Waals surface area contributed by atoms with Crippen molar-refractivity contribution < 1.29 is 17.4 Å². The highest BCUT2D eigenvalue weighted by atomic mass is 35.5. The van der Waals surface area contributed by atoms with Crippen molar-refractivity contribution in [1.29, 1.82) is 0 Å². The Morgan fingerprint density at radius 1 is 1.41 bits per heavy atom. The number of aliphatic hydroxyl groups is 1. The second-order valence-corrected chi connectivity index (χ2v) is 4.12. The van der Waals surface area contributed by atoms with Crippen LogP contribution in [0.5, 0.6) is 0 Å². The summed E-state index contributed by atoms with van der Waals surface area (Å²) in [6.45, 7) is -8.84. The van der Waals surface area contributed by atoms with E-state index in [1.54, 1.807) is 12.1 Å². The van der Waals surface area contributed by atoms with Crippen molar-refractivity contribution in [2.24, 2.45) is 0 Å². The van der Waals surface area contributed by atoms with E-state index in [9.17, 15) is 5.11 Å². The Balaban J connectivity index is 0.00000625. The Labute approximate surface area is 127 Å². The van der Waals surface area contributed by atoms with Crippen molar-refractivity contribution in [2.45, 2.75) is 45.2 Å². The maximum atomic E-state index is 10.4. The first kappa shape index (κ1) is 6.76. The SMILES string of the molecule is Cl.[2H]C([2H])([2H])C(N[C@@H](C)[C@H](O)c1cccc(Cl)c1)(C([2H])([2H])[2H])C([2H])([2H])[2H]. The van der Waals surface area contributed by atoms with Gasteiger partial charge in [-0.05, 0) is 45.2 Å². The molecule has 0 aliphatic rings. The first-order valence-electron chi connectivity index (χ1n) is 9.26. The molecule has 0 saturated heterocycles. The predicted octanol–water partition coefficient (Wildman–Crippen LogP) is 3.57. The van der Waals surface area contributed by atoms with Gasteiger partial charge < -0.3 is 10.4 Å². The van der Waals surface area contributed by atoms with Gasteiger partial charge in [-0.25, -0.2) is 0 Å². The highest BCUT2D eigenvalue weighted by molar-refractivity contribution is 6.30. The van der Waals surface area contributed by atoms with Crippen molar-refractivity contribution in [3.8, 4) is 0 Å². The van der Waals surface area contributed by atoms with Crippen molar-refractivity contribution in [3.63, 3.8) is 0 Å². The third-order valence-electron chi connectivity index (χ3n) is 2.11. The molecule has 0 amide bonds. The summed E-state index contributed by atoms with van der Waals surface area (Å²) in [6, 6.07) is 4.86. The van der Waals surface area contributed by atoms with E-state index in [0.29, 0.717) is 10.6 Å². The van der Waals surface area contributed by atoms with E-state index in [1.165, 1.54) is 19.1 Å². The molecule has 2 N–H and O–H groups in total. The topological polar surface area (TPSA) is 32.3 Å². The highest BCUT2D eigenvalue weighted by Gasteiger charge is 2.21. The lowest BCUT2D eigenvalue weighted by molar-refractivity contribution is 0.121. The maximum Gasteiger partial charge on any atom is 0.0940 e. The molecule has 0 bridgehead atoms. The molecular weight excluding hydrogens is 257 g/mol. The molecule has 0 aliphatic carbocycles. The van der Waals surface area contributed by atoms with E-state index >= 15 is 0 Å². The van der Waals surface area contributed by atoms with Crippen LogP contribution in [0.15, 0.2) is 24.3 Å². The van der Waals surface area contributed by atoms with Gasteiger partial charge in [0.15, 0.2) is 0 Å². The Kier molecular flexibility index (Phi) is 2.62. The Hall–Kier alpha value is -0.280. The summed E-state index contributed by atoms with van der Waals surface area (Å²) < 4.78 is 68.1. The van der Waals surface area contributed by atoms with Crippen LogP contribution in [-0.4, -0.2) is 16.7 Å². The molecule has 98 valence electrons. The van der Waals surface area contributed by atoms with E-state index in [1.807, 2.05) is 0 Å². The Morgan fingerprint density at radius 3 is 2.59 bits per heavy atom. The van der Waals surface area contributed by atoms with Gasteiger partial charge in [0.1, 0.15) is 0 Å². The number of benzene rings is 1. The fourth-order valence-electron chi connectivity index (χ4n) is 1.40. The number of aliphatic hydroxyl groups excluding tert-OH is 1. The smallest absolute Gasteiger partial charge is 0.0940 e. The molecule has 1 aromatic rings. The van der Waals surface area contributed by atoms with Crippen LogP contribution in [0.4, 0.5) is 0 Å². The van der Waals surface area contributed by atoms with E-state index in [0.717, 1.165) is 0 Å². The summed E-state index contributed by atoms with van der Waals surface area (Å²) >= 11 is 5.84. The standard InChI is InChI=1S/C13H20ClNO.ClH/c1-9(15-13(2,3)4)12(16)10-6-5-7-11(14)8-10;/h5-9,12,15-16H,1-4H3;1H/t9-,12-;/m0./s1/i2D3,3D3,4D3;. The number of hydrogen-bond donors (Lipinski definition) is 2. The van der Waals surface area contributed by atoms with Gasteiger partial charge in [-0.1, -0.05) is 23.7 Å². The zero-order valence-corrected chi connectivity index (χ0v) is 10.8. The largest absolute Gasteiger partial charge is 0.387 e. The van der Waals surface area contributed by atoms with Crippen molar-refractivity contribution >= 4 is 24.0 Å². The third kappa shape index (κ3) is 5.73. The molecule has 0 saturated carbocycles. The van der Waals surface area contributed by atoms with Gasteiger partial charge in [0.05, 0.1) is 6.10 Å². The zero-order chi connectivity index (χ0) is 19.8. The van der Waals surface area contributed by atoms with E-state index in [-0.39, 0.29) is 12.4 Å². The van der Waals surface area contributed by atoms with Crippen LogP contribution in [0, 0.1) is 0 Å². The monoisotopic (exact) mass is 286 g/mol. The molecule has 0 aromatic heterocycles. The highest BCUT2D eigenvalue weighted by Crippen LogP contribution is 2.21. The zero-order valence-electron chi connectivity index (χ0n) is 18.2. The summed E-state index contributed by atoms with van der Waals surface area (Å²) in [4.78, 5) is 0. The van der Waals surface area contributed by atoms with Crippen molar-refractivity contribution in [1.82, 2.24) is 5.32 Å². The second kappa shape index (κ2) is 6.60. The summed E-state index contributed by atoms with van der Waals surface area (Å²) in [7, 11) is 0. The fourth-order valence-corrected chi connectivity index (χ4v) is 1.60. The molecule has 0 fully saturated rings. The minimum atomic E-state index is -3.38. The molecule has 1 aromatic carbocycles. The Morgan fingerprint density at radius 2 is 2.06 bits per heavy atom. The number of hydrogen-bond acceptors (Lipinski definition) is 2. The van der Waals surface area contributed by atoms with Crippen LogP contribution >= 0.6 is 24.0 Å². The number of rotatable bonds is 3. The minimum absolute atomic E-state index is 0. The Bertz CT molecular complexity index is 564. The van der Waals surface area contributed by atoms with Crippen LogP contribution in [0.3, 0.4) is 0 Å². The molecule has 0 unspecified atom stereocenters. The van der Waals surface area contributed by atoms with Crippen molar-refractivity contribution in [2.75, 3.05) is 0 Å². The van der Waals surface area contributed by atoms with E-state index < -0.39 is 38.2 Å². The lowest BCUT2D eigenvalue weighted by Gasteiger charge is -2.29. The van der Waals surface area contributed by atoms with Gasteiger partial charge >= 0.3 is 0 Å². The van der Waals surface area contributed by atoms with Gasteiger partial charge in [0.25, 0.3) is 0 Å². The minimum Gasteiger partial charge on any atom is -0.387 e. The lowest BCUT2D eigenvalue weighted by atomic mass is 10.00. The van der Waals surface area contributed by atoms with Gasteiger partial charge in [0.2, 0.25) is 0 Å². The molecule has 2 nitrogen and oxygen atoms in total. The first-order valence-corrected chi connectivity index (χ1v) is 5.13. The van der Waals surface area contributed by atoms with Crippen LogP contribution in [0.25, 0.3) is 0 Å². The van der Waals surface area contributed by atoms with Gasteiger partial charge in [-0.15, -0.1) is 12.4 Å². The first-order chi connectivity index (χ1) is 11.0. The average Bonchev–Trinajstić information content (AvgIpc) is 2.39. The maximum absolute atomic E-state index is 10.4. The van der Waals surface area contributed by atoms with Crippen LogP contribution in [-0.2, 0) is 0 Å².